The number of rotatable bonds is 2. The van der Waals surface area contributed by atoms with Crippen LogP contribution in [0, 0.1) is 16.7 Å². The first kappa shape index (κ1) is 11.1. The second-order valence-electron chi connectivity index (χ2n) is 6.71. The molecule has 2 aliphatic rings. The zero-order valence-electron chi connectivity index (χ0n) is 11.3. The number of aromatic nitrogens is 2. The van der Waals surface area contributed by atoms with Gasteiger partial charge in [-0.05, 0) is 36.0 Å². The molecule has 0 radical (unpaired) electrons. The first-order chi connectivity index (χ1) is 7.93. The Bertz CT molecular complexity index is 434. The summed E-state index contributed by atoms with van der Waals surface area (Å²) in [6.45, 7) is 7.37. The maximum Gasteiger partial charge on any atom is 0.0728 e. The second-order valence-corrected chi connectivity index (χ2v) is 6.71. The van der Waals surface area contributed by atoms with Crippen molar-refractivity contribution in [3.05, 3.63) is 12.4 Å². The van der Waals surface area contributed by atoms with Gasteiger partial charge in [0.25, 0.3) is 0 Å². The van der Waals surface area contributed by atoms with Gasteiger partial charge in [-0.15, -0.1) is 0 Å². The molecule has 0 aliphatic heterocycles. The molecule has 2 bridgehead atoms. The average Bonchev–Trinajstić information content (AvgIpc) is 2.80. The lowest BCUT2D eigenvalue weighted by Crippen LogP contribution is -2.40. The third-order valence-electron chi connectivity index (χ3n) is 5.84. The fourth-order valence-electron chi connectivity index (χ4n) is 4.12. The fraction of sp³-hybridized carbons (Fsp3) is 0.786. The van der Waals surface area contributed by atoms with Gasteiger partial charge in [-0.3, -0.25) is 4.68 Å². The van der Waals surface area contributed by atoms with Crippen LogP contribution in [-0.4, -0.2) is 15.8 Å². The molecule has 17 heavy (non-hydrogen) atoms. The molecule has 3 rings (SSSR count). The Balaban J connectivity index is 1.83. The van der Waals surface area contributed by atoms with Gasteiger partial charge in [-0.25, -0.2) is 0 Å². The Morgan fingerprint density at radius 3 is 2.65 bits per heavy atom. The molecular formula is C14H23N3. The van der Waals surface area contributed by atoms with Crippen LogP contribution in [0.3, 0.4) is 0 Å². The van der Waals surface area contributed by atoms with Crippen LogP contribution in [0.15, 0.2) is 12.4 Å². The third-order valence-corrected chi connectivity index (χ3v) is 5.84. The Hall–Kier alpha value is -0.990. The minimum atomic E-state index is 0.438. The number of hydrogen-bond donors (Lipinski definition) is 1. The lowest BCUT2D eigenvalue weighted by Gasteiger charge is -2.39. The van der Waals surface area contributed by atoms with Crippen LogP contribution in [-0.2, 0) is 7.05 Å². The van der Waals surface area contributed by atoms with Crippen LogP contribution in [0.25, 0.3) is 0 Å². The quantitative estimate of drug-likeness (QED) is 0.851. The zero-order valence-corrected chi connectivity index (χ0v) is 11.3. The van der Waals surface area contributed by atoms with Gasteiger partial charge in [-0.2, -0.15) is 5.10 Å². The van der Waals surface area contributed by atoms with Crippen LogP contribution in [0.1, 0.15) is 40.0 Å². The van der Waals surface area contributed by atoms with Gasteiger partial charge in [0.1, 0.15) is 0 Å². The predicted octanol–water partition coefficient (Wildman–Crippen LogP) is 3.05. The number of nitrogens with zero attached hydrogens (tertiary/aromatic N) is 2. The Kier molecular flexibility index (Phi) is 2.14. The zero-order chi connectivity index (χ0) is 12.3. The van der Waals surface area contributed by atoms with Crippen molar-refractivity contribution < 1.29 is 0 Å². The lowest BCUT2D eigenvalue weighted by molar-refractivity contribution is 0.142. The minimum absolute atomic E-state index is 0.438. The van der Waals surface area contributed by atoms with E-state index < -0.39 is 0 Å². The molecule has 2 aliphatic carbocycles. The summed E-state index contributed by atoms with van der Waals surface area (Å²) in [7, 11) is 1.97. The van der Waals surface area contributed by atoms with Crippen molar-refractivity contribution in [1.82, 2.24) is 9.78 Å². The number of hydrogen-bond acceptors (Lipinski definition) is 2. The van der Waals surface area contributed by atoms with Crippen molar-refractivity contribution >= 4 is 5.69 Å². The Labute approximate surface area is 104 Å². The number of fused-ring (bicyclic) bond motifs is 2. The molecule has 94 valence electrons. The maximum absolute atomic E-state index is 4.23. The van der Waals surface area contributed by atoms with Crippen LogP contribution in [0.5, 0.6) is 0 Å². The van der Waals surface area contributed by atoms with E-state index in [4.69, 9.17) is 0 Å². The molecule has 3 heteroatoms. The van der Waals surface area contributed by atoms with E-state index in [0.29, 0.717) is 16.9 Å². The van der Waals surface area contributed by atoms with E-state index in [1.165, 1.54) is 24.9 Å². The number of nitrogens with one attached hydrogen (secondary N) is 1. The Morgan fingerprint density at radius 2 is 2.18 bits per heavy atom. The topological polar surface area (TPSA) is 29.9 Å². The van der Waals surface area contributed by atoms with E-state index in [2.05, 4.69) is 37.4 Å². The van der Waals surface area contributed by atoms with Crippen molar-refractivity contribution in [2.45, 2.75) is 46.1 Å². The van der Waals surface area contributed by atoms with Crippen LogP contribution in [0.2, 0.25) is 0 Å². The van der Waals surface area contributed by atoms with E-state index in [1.54, 1.807) is 0 Å². The second kappa shape index (κ2) is 3.27. The summed E-state index contributed by atoms with van der Waals surface area (Å²) < 4.78 is 1.86. The largest absolute Gasteiger partial charge is 0.379 e. The summed E-state index contributed by atoms with van der Waals surface area (Å²) >= 11 is 0. The number of aryl methyl sites for hydroxylation is 1. The van der Waals surface area contributed by atoms with Crippen LogP contribution in [0.4, 0.5) is 5.69 Å². The SMILES string of the molecule is Cn1cc(NC2CC3CCC2(C)C3(C)C)cn1. The summed E-state index contributed by atoms with van der Waals surface area (Å²) in [5.41, 5.74) is 2.09. The van der Waals surface area contributed by atoms with Gasteiger partial charge in [0.15, 0.2) is 0 Å². The summed E-state index contributed by atoms with van der Waals surface area (Å²) in [5.74, 6) is 0.890. The van der Waals surface area contributed by atoms with Gasteiger partial charge < -0.3 is 5.32 Å². The molecule has 1 aromatic rings. The first-order valence-corrected chi connectivity index (χ1v) is 6.69. The van der Waals surface area contributed by atoms with Crippen molar-refractivity contribution in [2.75, 3.05) is 5.32 Å². The smallest absolute Gasteiger partial charge is 0.0728 e. The predicted molar refractivity (Wildman–Crippen MR) is 69.8 cm³/mol. The molecule has 0 amide bonds. The highest BCUT2D eigenvalue weighted by Gasteiger charge is 2.61. The average molecular weight is 233 g/mol. The molecule has 1 N–H and O–H groups in total. The highest BCUT2D eigenvalue weighted by atomic mass is 15.3. The molecular weight excluding hydrogens is 210 g/mol. The standard InChI is InChI=1S/C14H23N3/c1-13(2)10-5-6-14(13,3)12(7-10)16-11-8-15-17(4)9-11/h8-10,12,16H,5-7H2,1-4H3. The van der Waals surface area contributed by atoms with E-state index in [0.717, 1.165) is 5.92 Å². The monoisotopic (exact) mass is 233 g/mol. The molecule has 1 aromatic heterocycles. The number of anilines is 1. The highest BCUT2D eigenvalue weighted by Crippen LogP contribution is 2.65. The molecule has 0 spiro atoms. The van der Waals surface area contributed by atoms with Gasteiger partial charge in [0.05, 0.1) is 11.9 Å². The first-order valence-electron chi connectivity index (χ1n) is 6.69. The van der Waals surface area contributed by atoms with E-state index >= 15 is 0 Å². The molecule has 1 heterocycles. The summed E-state index contributed by atoms with van der Waals surface area (Å²) in [6.07, 6.45) is 8.10. The normalized spacial score (nSPS) is 38.6. The Morgan fingerprint density at radius 1 is 1.41 bits per heavy atom. The maximum atomic E-state index is 4.23. The van der Waals surface area contributed by atoms with Crippen molar-refractivity contribution in [2.24, 2.45) is 23.8 Å². The van der Waals surface area contributed by atoms with Crippen LogP contribution < -0.4 is 5.32 Å². The van der Waals surface area contributed by atoms with Crippen molar-refractivity contribution in [3.63, 3.8) is 0 Å². The van der Waals surface area contributed by atoms with Gasteiger partial charge >= 0.3 is 0 Å². The van der Waals surface area contributed by atoms with E-state index in [-0.39, 0.29) is 0 Å². The highest BCUT2D eigenvalue weighted by molar-refractivity contribution is 5.41. The van der Waals surface area contributed by atoms with Gasteiger partial charge in [0.2, 0.25) is 0 Å². The van der Waals surface area contributed by atoms with Crippen molar-refractivity contribution in [1.29, 1.82) is 0 Å². The lowest BCUT2D eigenvalue weighted by atomic mass is 9.69. The van der Waals surface area contributed by atoms with Crippen LogP contribution >= 0.6 is 0 Å². The summed E-state index contributed by atoms with van der Waals surface area (Å²) in [5, 5.41) is 7.94. The molecule has 3 unspecified atom stereocenters. The van der Waals surface area contributed by atoms with Crippen molar-refractivity contribution in [3.8, 4) is 0 Å². The molecule has 2 saturated carbocycles. The third kappa shape index (κ3) is 1.37. The molecule has 0 saturated heterocycles. The summed E-state index contributed by atoms with van der Waals surface area (Å²) in [6, 6.07) is 0.612. The summed E-state index contributed by atoms with van der Waals surface area (Å²) in [4.78, 5) is 0. The van der Waals surface area contributed by atoms with E-state index in [9.17, 15) is 0 Å². The molecule has 3 nitrogen and oxygen atoms in total. The minimum Gasteiger partial charge on any atom is -0.379 e. The molecule has 3 atom stereocenters. The fourth-order valence-corrected chi connectivity index (χ4v) is 4.12. The van der Waals surface area contributed by atoms with Gasteiger partial charge in [0, 0.05) is 19.3 Å². The molecule has 0 aromatic carbocycles. The molecule has 2 fully saturated rings. The van der Waals surface area contributed by atoms with E-state index in [1.807, 2.05) is 17.9 Å². The van der Waals surface area contributed by atoms with Gasteiger partial charge in [-0.1, -0.05) is 20.8 Å².